The lowest BCUT2D eigenvalue weighted by atomic mass is 10.0. The number of amides is 1. The predicted molar refractivity (Wildman–Crippen MR) is 104 cm³/mol. The number of methoxy groups -OCH3 is 1. The Bertz CT molecular complexity index is 851. The van der Waals surface area contributed by atoms with Gasteiger partial charge in [0.1, 0.15) is 5.75 Å². The number of carbonyl (C=O) groups is 1. The van der Waals surface area contributed by atoms with Gasteiger partial charge < -0.3 is 15.0 Å². The summed E-state index contributed by atoms with van der Waals surface area (Å²) in [6, 6.07) is 11.6. The normalized spacial score (nSPS) is 14.7. The number of piperidine rings is 1. The number of nitrogens with one attached hydrogen (secondary N) is 1. The highest BCUT2D eigenvalue weighted by Gasteiger charge is 2.25. The third-order valence-corrected chi connectivity index (χ3v) is 4.97. The zero-order valence-corrected chi connectivity index (χ0v) is 15.6. The highest BCUT2D eigenvalue weighted by atomic mass is 35.5. The SMILES string of the molecule is COc1ccc([N+](=O)[O-])cc1NC1CCN(C(=O)c2ccccc2Cl)CC1. The monoisotopic (exact) mass is 389 g/mol. The Morgan fingerprint density at radius 2 is 1.96 bits per heavy atom. The summed E-state index contributed by atoms with van der Waals surface area (Å²) in [5.41, 5.74) is 1.10. The number of halogens is 1. The van der Waals surface area contributed by atoms with Crippen LogP contribution in [0.5, 0.6) is 5.75 Å². The lowest BCUT2D eigenvalue weighted by Gasteiger charge is -2.33. The highest BCUT2D eigenvalue weighted by molar-refractivity contribution is 6.33. The summed E-state index contributed by atoms with van der Waals surface area (Å²) in [5, 5.41) is 14.8. The molecule has 0 radical (unpaired) electrons. The third-order valence-electron chi connectivity index (χ3n) is 4.64. The van der Waals surface area contributed by atoms with Crippen molar-refractivity contribution >= 4 is 28.9 Å². The molecule has 0 spiro atoms. The highest BCUT2D eigenvalue weighted by Crippen LogP contribution is 2.31. The van der Waals surface area contributed by atoms with E-state index in [1.807, 2.05) is 0 Å². The number of non-ortho nitro benzene ring substituents is 1. The first-order valence-electron chi connectivity index (χ1n) is 8.62. The molecule has 7 nitrogen and oxygen atoms in total. The number of rotatable bonds is 5. The van der Waals surface area contributed by atoms with Gasteiger partial charge in [-0.15, -0.1) is 0 Å². The van der Waals surface area contributed by atoms with Gasteiger partial charge in [-0.3, -0.25) is 14.9 Å². The largest absolute Gasteiger partial charge is 0.495 e. The summed E-state index contributed by atoms with van der Waals surface area (Å²) in [6.07, 6.45) is 1.45. The van der Waals surface area contributed by atoms with Gasteiger partial charge in [-0.1, -0.05) is 23.7 Å². The second-order valence-corrected chi connectivity index (χ2v) is 6.74. The number of nitro benzene ring substituents is 1. The van der Waals surface area contributed by atoms with Crippen molar-refractivity contribution in [1.82, 2.24) is 4.90 Å². The molecule has 1 saturated heterocycles. The molecule has 1 aliphatic rings. The molecular weight excluding hydrogens is 370 g/mol. The van der Waals surface area contributed by atoms with E-state index < -0.39 is 4.92 Å². The number of carbonyl (C=O) groups excluding carboxylic acids is 1. The minimum Gasteiger partial charge on any atom is -0.495 e. The van der Waals surface area contributed by atoms with Crippen LogP contribution in [0, 0.1) is 10.1 Å². The number of ether oxygens (including phenoxy) is 1. The van der Waals surface area contributed by atoms with Crippen LogP contribution in [-0.4, -0.2) is 42.0 Å². The Balaban J connectivity index is 1.65. The van der Waals surface area contributed by atoms with Gasteiger partial charge in [-0.05, 0) is 31.0 Å². The van der Waals surface area contributed by atoms with E-state index in [1.165, 1.54) is 19.2 Å². The molecule has 0 atom stereocenters. The number of nitrogens with zero attached hydrogens (tertiary/aromatic N) is 2. The molecule has 1 fully saturated rings. The van der Waals surface area contributed by atoms with E-state index in [1.54, 1.807) is 35.2 Å². The van der Waals surface area contributed by atoms with Crippen molar-refractivity contribution in [2.75, 3.05) is 25.5 Å². The van der Waals surface area contributed by atoms with E-state index in [9.17, 15) is 14.9 Å². The molecule has 0 aromatic heterocycles. The third kappa shape index (κ3) is 4.31. The van der Waals surface area contributed by atoms with E-state index in [-0.39, 0.29) is 17.6 Å². The summed E-state index contributed by atoms with van der Waals surface area (Å²) in [5.74, 6) is 0.474. The Morgan fingerprint density at radius 1 is 1.26 bits per heavy atom. The number of nitro groups is 1. The zero-order valence-electron chi connectivity index (χ0n) is 14.9. The fraction of sp³-hybridized carbons (Fsp3) is 0.316. The van der Waals surface area contributed by atoms with E-state index in [0.29, 0.717) is 35.1 Å². The Hall–Kier alpha value is -2.80. The molecule has 2 aromatic rings. The van der Waals surface area contributed by atoms with Crippen molar-refractivity contribution in [3.8, 4) is 5.75 Å². The maximum atomic E-state index is 12.6. The Kier molecular flexibility index (Phi) is 5.81. The Labute approximate surface area is 162 Å². The quantitative estimate of drug-likeness (QED) is 0.617. The van der Waals surface area contributed by atoms with Crippen molar-refractivity contribution < 1.29 is 14.5 Å². The maximum Gasteiger partial charge on any atom is 0.271 e. The summed E-state index contributed by atoms with van der Waals surface area (Å²) in [7, 11) is 1.53. The topological polar surface area (TPSA) is 84.7 Å². The fourth-order valence-electron chi connectivity index (χ4n) is 3.17. The minimum atomic E-state index is -0.435. The smallest absolute Gasteiger partial charge is 0.271 e. The van der Waals surface area contributed by atoms with Gasteiger partial charge in [-0.2, -0.15) is 0 Å². The first kappa shape index (κ1) is 19.0. The average Bonchev–Trinajstić information content (AvgIpc) is 2.68. The summed E-state index contributed by atoms with van der Waals surface area (Å²) < 4.78 is 5.29. The van der Waals surface area contributed by atoms with Crippen LogP contribution < -0.4 is 10.1 Å². The second kappa shape index (κ2) is 8.26. The summed E-state index contributed by atoms with van der Waals surface area (Å²) >= 11 is 6.12. The van der Waals surface area contributed by atoms with Gasteiger partial charge in [0, 0.05) is 31.3 Å². The molecule has 1 N–H and O–H groups in total. The molecule has 1 amide bonds. The predicted octanol–water partition coefficient (Wildman–Crippen LogP) is 3.97. The molecule has 142 valence electrons. The molecule has 27 heavy (non-hydrogen) atoms. The second-order valence-electron chi connectivity index (χ2n) is 6.33. The number of hydrogen-bond donors (Lipinski definition) is 1. The summed E-state index contributed by atoms with van der Waals surface area (Å²) in [4.78, 5) is 25.0. The van der Waals surface area contributed by atoms with Crippen molar-refractivity contribution in [3.63, 3.8) is 0 Å². The maximum absolute atomic E-state index is 12.6. The van der Waals surface area contributed by atoms with Crippen molar-refractivity contribution in [2.45, 2.75) is 18.9 Å². The van der Waals surface area contributed by atoms with Crippen LogP contribution in [0.15, 0.2) is 42.5 Å². The van der Waals surface area contributed by atoms with Crippen LogP contribution in [0.2, 0.25) is 5.02 Å². The Morgan fingerprint density at radius 3 is 2.59 bits per heavy atom. The standard InChI is InChI=1S/C19H20ClN3O4/c1-27-18-7-6-14(23(25)26)12-17(18)21-13-8-10-22(11-9-13)19(24)15-4-2-3-5-16(15)20/h2-7,12-13,21H,8-11H2,1H3. The number of hydrogen-bond acceptors (Lipinski definition) is 5. The number of likely N-dealkylation sites (tertiary alicyclic amines) is 1. The number of anilines is 1. The average molecular weight is 390 g/mol. The van der Waals surface area contributed by atoms with Gasteiger partial charge in [0.05, 0.1) is 28.3 Å². The molecule has 3 rings (SSSR count). The molecule has 0 bridgehead atoms. The van der Waals surface area contributed by atoms with Crippen molar-refractivity contribution in [2.24, 2.45) is 0 Å². The van der Waals surface area contributed by atoms with Gasteiger partial charge in [0.25, 0.3) is 11.6 Å². The van der Waals surface area contributed by atoms with Gasteiger partial charge in [0.2, 0.25) is 0 Å². The van der Waals surface area contributed by atoms with Crippen LogP contribution in [-0.2, 0) is 0 Å². The minimum absolute atomic E-state index is 0.00429. The molecule has 0 saturated carbocycles. The molecule has 0 unspecified atom stereocenters. The van der Waals surface area contributed by atoms with Crippen LogP contribution in [0.1, 0.15) is 23.2 Å². The van der Waals surface area contributed by atoms with E-state index in [2.05, 4.69) is 5.32 Å². The van der Waals surface area contributed by atoms with Crippen molar-refractivity contribution in [1.29, 1.82) is 0 Å². The van der Waals surface area contributed by atoms with E-state index in [0.717, 1.165) is 12.8 Å². The first-order valence-corrected chi connectivity index (χ1v) is 9.00. The first-order chi connectivity index (χ1) is 13.0. The van der Waals surface area contributed by atoms with Crippen LogP contribution in [0.4, 0.5) is 11.4 Å². The number of benzene rings is 2. The molecule has 8 heteroatoms. The van der Waals surface area contributed by atoms with Gasteiger partial charge in [-0.25, -0.2) is 0 Å². The molecule has 1 aliphatic heterocycles. The van der Waals surface area contributed by atoms with E-state index >= 15 is 0 Å². The zero-order chi connectivity index (χ0) is 19.4. The van der Waals surface area contributed by atoms with Crippen LogP contribution in [0.3, 0.4) is 0 Å². The lowest BCUT2D eigenvalue weighted by Crippen LogP contribution is -2.42. The molecule has 1 heterocycles. The molecule has 0 aliphatic carbocycles. The van der Waals surface area contributed by atoms with Gasteiger partial charge >= 0.3 is 0 Å². The fourth-order valence-corrected chi connectivity index (χ4v) is 3.39. The summed E-state index contributed by atoms with van der Waals surface area (Å²) in [6.45, 7) is 1.16. The molecular formula is C19H20ClN3O4. The van der Waals surface area contributed by atoms with Crippen LogP contribution in [0.25, 0.3) is 0 Å². The molecule has 2 aromatic carbocycles. The van der Waals surface area contributed by atoms with Crippen LogP contribution >= 0.6 is 11.6 Å². The van der Waals surface area contributed by atoms with Gasteiger partial charge in [0.15, 0.2) is 0 Å². The van der Waals surface area contributed by atoms with E-state index in [4.69, 9.17) is 16.3 Å². The lowest BCUT2D eigenvalue weighted by molar-refractivity contribution is -0.384. The van der Waals surface area contributed by atoms with Crippen molar-refractivity contribution in [3.05, 3.63) is 63.2 Å².